The monoisotopic (exact) mass is 238 g/mol. The van der Waals surface area contributed by atoms with E-state index in [-0.39, 0.29) is 11.9 Å². The molecule has 7 heteroatoms. The number of amides is 1. The van der Waals surface area contributed by atoms with E-state index < -0.39 is 0 Å². The molecule has 2 heterocycles. The van der Waals surface area contributed by atoms with Crippen molar-refractivity contribution in [1.29, 1.82) is 0 Å². The molecular weight excluding hydrogens is 228 g/mol. The number of rotatable bonds is 3. The van der Waals surface area contributed by atoms with Crippen LogP contribution in [0.15, 0.2) is 22.2 Å². The second kappa shape index (κ2) is 4.42. The molecule has 1 atom stereocenters. The van der Waals surface area contributed by atoms with E-state index in [1.807, 2.05) is 6.92 Å². The van der Waals surface area contributed by atoms with E-state index in [0.29, 0.717) is 11.5 Å². The fourth-order valence-electron chi connectivity index (χ4n) is 1.06. The molecule has 1 unspecified atom stereocenters. The molecule has 0 bridgehead atoms. The zero-order valence-corrected chi connectivity index (χ0v) is 9.32. The lowest BCUT2D eigenvalue weighted by molar-refractivity contribution is 0.102. The van der Waals surface area contributed by atoms with Crippen LogP contribution in [0.2, 0.25) is 0 Å². The van der Waals surface area contributed by atoms with Crippen molar-refractivity contribution in [3.63, 3.8) is 0 Å². The second-order valence-corrected chi connectivity index (χ2v) is 4.09. The summed E-state index contributed by atoms with van der Waals surface area (Å²) in [5.41, 5.74) is 5.99. The number of nitrogens with one attached hydrogen (secondary N) is 1. The van der Waals surface area contributed by atoms with Gasteiger partial charge >= 0.3 is 0 Å². The summed E-state index contributed by atoms with van der Waals surface area (Å²) in [4.78, 5) is 15.8. The maximum absolute atomic E-state index is 11.7. The van der Waals surface area contributed by atoms with Crippen molar-refractivity contribution in [2.45, 2.75) is 13.0 Å². The molecule has 2 rings (SSSR count). The van der Waals surface area contributed by atoms with Gasteiger partial charge in [-0.25, -0.2) is 4.98 Å². The minimum atomic E-state index is -0.322. The molecular formula is C9H10N4O2S. The summed E-state index contributed by atoms with van der Waals surface area (Å²) in [6.07, 6.45) is 1.38. The number of carbonyl (C=O) groups is 1. The number of nitrogens with two attached hydrogens (primary N) is 1. The molecule has 3 N–H and O–H groups in total. The number of hydrogen-bond acceptors (Lipinski definition) is 6. The van der Waals surface area contributed by atoms with Crippen LogP contribution in [0.5, 0.6) is 0 Å². The first kappa shape index (κ1) is 10.8. The lowest BCUT2D eigenvalue weighted by atomic mass is 10.4. The van der Waals surface area contributed by atoms with Gasteiger partial charge in [0.05, 0.1) is 6.04 Å². The Morgan fingerprint density at radius 1 is 1.69 bits per heavy atom. The summed E-state index contributed by atoms with van der Waals surface area (Å²) in [6.45, 7) is 1.82. The van der Waals surface area contributed by atoms with Gasteiger partial charge < -0.3 is 15.6 Å². The second-order valence-electron chi connectivity index (χ2n) is 3.20. The molecule has 16 heavy (non-hydrogen) atoms. The maximum Gasteiger partial charge on any atom is 0.276 e. The highest BCUT2D eigenvalue weighted by Gasteiger charge is 2.13. The Hall–Kier alpha value is -1.73. The van der Waals surface area contributed by atoms with E-state index in [2.05, 4.69) is 20.0 Å². The fourth-order valence-corrected chi connectivity index (χ4v) is 1.82. The van der Waals surface area contributed by atoms with Crippen molar-refractivity contribution in [2.24, 2.45) is 5.73 Å². The van der Waals surface area contributed by atoms with Crippen LogP contribution in [-0.2, 0) is 0 Å². The average Bonchev–Trinajstić information content (AvgIpc) is 2.86. The van der Waals surface area contributed by atoms with Crippen LogP contribution in [0.1, 0.15) is 28.5 Å². The van der Waals surface area contributed by atoms with Gasteiger partial charge in [-0.3, -0.25) is 4.79 Å². The molecule has 0 aliphatic rings. The Balaban J connectivity index is 2.09. The van der Waals surface area contributed by atoms with Crippen LogP contribution in [0, 0.1) is 0 Å². The number of hydrogen-bond donors (Lipinski definition) is 2. The Labute approximate surface area is 95.5 Å². The number of anilines is 1. The predicted molar refractivity (Wildman–Crippen MR) is 59.2 cm³/mol. The largest absolute Gasteiger partial charge is 0.363 e. The van der Waals surface area contributed by atoms with Crippen molar-refractivity contribution < 1.29 is 9.32 Å². The van der Waals surface area contributed by atoms with E-state index in [4.69, 9.17) is 5.73 Å². The summed E-state index contributed by atoms with van der Waals surface area (Å²) >= 11 is 1.36. The summed E-state index contributed by atoms with van der Waals surface area (Å²) in [7, 11) is 0. The third-order valence-electron chi connectivity index (χ3n) is 1.82. The third-order valence-corrected chi connectivity index (χ3v) is 2.87. The normalized spacial score (nSPS) is 12.4. The third kappa shape index (κ3) is 2.26. The average molecular weight is 238 g/mol. The molecule has 0 radical (unpaired) electrons. The Morgan fingerprint density at radius 2 is 2.50 bits per heavy atom. The highest BCUT2D eigenvalue weighted by atomic mass is 32.1. The predicted octanol–water partition coefficient (Wildman–Crippen LogP) is 1.40. The molecule has 0 saturated carbocycles. The molecule has 0 spiro atoms. The van der Waals surface area contributed by atoms with E-state index in [0.717, 1.165) is 5.01 Å². The first-order valence-electron chi connectivity index (χ1n) is 4.59. The lowest BCUT2D eigenvalue weighted by Gasteiger charge is -1.98. The first-order valence-corrected chi connectivity index (χ1v) is 5.47. The number of carbonyl (C=O) groups excluding carboxylic acids is 1. The van der Waals surface area contributed by atoms with Gasteiger partial charge in [-0.15, -0.1) is 11.3 Å². The molecule has 2 aromatic rings. The van der Waals surface area contributed by atoms with Gasteiger partial charge in [-0.2, -0.15) is 0 Å². The minimum Gasteiger partial charge on any atom is -0.363 e. The topological polar surface area (TPSA) is 94.0 Å². The molecule has 84 valence electrons. The fraction of sp³-hybridized carbons (Fsp3) is 0.222. The molecule has 0 aliphatic heterocycles. The smallest absolute Gasteiger partial charge is 0.276 e. The molecule has 0 aromatic carbocycles. The van der Waals surface area contributed by atoms with Gasteiger partial charge in [0.2, 0.25) is 0 Å². The number of aromatic nitrogens is 2. The van der Waals surface area contributed by atoms with Gasteiger partial charge in [0, 0.05) is 11.4 Å². The minimum absolute atomic E-state index is 0.168. The number of nitrogens with zero attached hydrogens (tertiary/aromatic N) is 2. The Bertz CT molecular complexity index is 477. The standard InChI is InChI=1S/C9H10N4O2S/c1-5(10)9-11-6(4-16-9)8(14)12-7-2-3-15-13-7/h2-5H,10H2,1H3,(H,12,13,14). The SMILES string of the molecule is CC(N)c1nc(C(=O)Nc2ccon2)cs1. The van der Waals surface area contributed by atoms with Crippen LogP contribution >= 0.6 is 11.3 Å². The van der Waals surface area contributed by atoms with Crippen molar-refractivity contribution >= 4 is 23.1 Å². The molecule has 0 aliphatic carbocycles. The van der Waals surface area contributed by atoms with Gasteiger partial charge in [-0.1, -0.05) is 5.16 Å². The van der Waals surface area contributed by atoms with Crippen LogP contribution in [0.25, 0.3) is 0 Å². The van der Waals surface area contributed by atoms with Crippen LogP contribution in [-0.4, -0.2) is 16.0 Å². The summed E-state index contributed by atoms with van der Waals surface area (Å²) in [5, 5.41) is 8.51. The maximum atomic E-state index is 11.7. The van der Waals surface area contributed by atoms with Crippen molar-refractivity contribution in [3.8, 4) is 0 Å². The van der Waals surface area contributed by atoms with Gasteiger partial charge in [0.15, 0.2) is 5.82 Å². The number of thiazole rings is 1. The van der Waals surface area contributed by atoms with Crippen molar-refractivity contribution in [2.75, 3.05) is 5.32 Å². The lowest BCUT2D eigenvalue weighted by Crippen LogP contribution is -2.13. The van der Waals surface area contributed by atoms with Gasteiger partial charge in [-0.05, 0) is 6.92 Å². The van der Waals surface area contributed by atoms with Crippen LogP contribution in [0.3, 0.4) is 0 Å². The quantitative estimate of drug-likeness (QED) is 0.843. The van der Waals surface area contributed by atoms with Crippen molar-refractivity contribution in [3.05, 3.63) is 28.4 Å². The summed E-state index contributed by atoms with van der Waals surface area (Å²) < 4.78 is 4.59. The van der Waals surface area contributed by atoms with E-state index in [1.54, 1.807) is 11.4 Å². The highest BCUT2D eigenvalue weighted by Crippen LogP contribution is 2.16. The van der Waals surface area contributed by atoms with E-state index >= 15 is 0 Å². The Morgan fingerprint density at radius 3 is 3.06 bits per heavy atom. The first-order chi connectivity index (χ1) is 7.66. The van der Waals surface area contributed by atoms with E-state index in [1.165, 1.54) is 17.6 Å². The van der Waals surface area contributed by atoms with E-state index in [9.17, 15) is 4.79 Å². The van der Waals surface area contributed by atoms with Crippen LogP contribution in [0.4, 0.5) is 5.82 Å². The summed E-state index contributed by atoms with van der Waals surface area (Å²) in [6, 6.07) is 1.38. The van der Waals surface area contributed by atoms with Crippen molar-refractivity contribution in [1.82, 2.24) is 10.1 Å². The molecule has 1 amide bonds. The molecule has 0 fully saturated rings. The highest BCUT2D eigenvalue weighted by molar-refractivity contribution is 7.09. The van der Waals surface area contributed by atoms with Gasteiger partial charge in [0.1, 0.15) is 17.0 Å². The zero-order valence-electron chi connectivity index (χ0n) is 8.51. The zero-order chi connectivity index (χ0) is 11.5. The molecule has 0 saturated heterocycles. The van der Waals surface area contributed by atoms with Gasteiger partial charge in [0.25, 0.3) is 5.91 Å². The molecule has 2 aromatic heterocycles. The molecule has 6 nitrogen and oxygen atoms in total. The Kier molecular flexibility index (Phi) is 2.97. The van der Waals surface area contributed by atoms with Crippen LogP contribution < -0.4 is 11.1 Å². The summed E-state index contributed by atoms with van der Waals surface area (Å²) in [5.74, 6) is 0.0393.